The van der Waals surface area contributed by atoms with Crippen molar-refractivity contribution in [1.82, 2.24) is 0 Å². The van der Waals surface area contributed by atoms with Crippen LogP contribution < -0.4 is 10.6 Å². The minimum absolute atomic E-state index is 0.101. The number of carbonyl (C=O) groups excluding carboxylic acids is 2. The number of rotatable bonds is 8. The minimum atomic E-state index is -0.976. The second kappa shape index (κ2) is 10.0. The molecule has 29 heavy (non-hydrogen) atoms. The molecule has 0 spiro atoms. The maximum absolute atomic E-state index is 12.3. The van der Waals surface area contributed by atoms with Crippen LogP contribution in [-0.4, -0.2) is 41.7 Å². The Balaban J connectivity index is 2.11. The van der Waals surface area contributed by atoms with E-state index in [9.17, 15) is 19.7 Å². The number of anilines is 2. The lowest BCUT2D eigenvalue weighted by Crippen LogP contribution is -2.22. The number of aliphatic hydroxyl groups is 1. The van der Waals surface area contributed by atoms with Gasteiger partial charge in [0.25, 0.3) is 11.6 Å². The molecule has 0 aromatic heterocycles. The number of nitro groups is 1. The molecule has 0 bridgehead atoms. The number of nitrogens with zero attached hydrogens (tertiary/aromatic N) is 2. The van der Waals surface area contributed by atoms with E-state index in [1.54, 1.807) is 0 Å². The zero-order valence-corrected chi connectivity index (χ0v) is 15.6. The summed E-state index contributed by atoms with van der Waals surface area (Å²) in [4.78, 5) is 34.7. The third kappa shape index (κ3) is 5.90. The van der Waals surface area contributed by atoms with E-state index in [4.69, 9.17) is 26.7 Å². The van der Waals surface area contributed by atoms with Crippen LogP contribution in [0.3, 0.4) is 0 Å². The van der Waals surface area contributed by atoms with Crippen molar-refractivity contribution in [2.45, 2.75) is 0 Å². The molecule has 1 amide bonds. The molecule has 2 aromatic rings. The zero-order valence-electron chi connectivity index (χ0n) is 14.8. The Labute approximate surface area is 169 Å². The first kappa shape index (κ1) is 21.6. The fraction of sp³-hybridized carbons (Fsp3) is 0.167. The maximum Gasteiger partial charge on any atom is 0.341 e. The topological polar surface area (TPSA) is 155 Å². The van der Waals surface area contributed by atoms with E-state index in [-0.39, 0.29) is 41.3 Å². The predicted octanol–water partition coefficient (Wildman–Crippen LogP) is 2.32. The molecule has 3 N–H and O–H groups in total. The number of ether oxygens (including phenoxy) is 1. The minimum Gasteiger partial charge on any atom is -0.452 e. The van der Waals surface area contributed by atoms with Gasteiger partial charge in [0.05, 0.1) is 28.3 Å². The van der Waals surface area contributed by atoms with Crippen molar-refractivity contribution in [2.24, 2.45) is 0 Å². The Morgan fingerprint density at radius 1 is 1.24 bits per heavy atom. The van der Waals surface area contributed by atoms with E-state index in [0.717, 1.165) is 6.07 Å². The molecule has 150 valence electrons. The molecule has 2 rings (SSSR count). The highest BCUT2D eigenvalue weighted by atomic mass is 35.5. The molecule has 0 aliphatic rings. The molecular weight excluding hydrogens is 404 g/mol. The van der Waals surface area contributed by atoms with Crippen LogP contribution in [0.25, 0.3) is 0 Å². The summed E-state index contributed by atoms with van der Waals surface area (Å²) in [5.74, 6) is -1.71. The average molecular weight is 419 g/mol. The number of hydrogen-bond acceptors (Lipinski definition) is 8. The van der Waals surface area contributed by atoms with Gasteiger partial charge in [-0.25, -0.2) is 4.79 Å². The Morgan fingerprint density at radius 2 is 2.00 bits per heavy atom. The van der Waals surface area contributed by atoms with Gasteiger partial charge in [-0.1, -0.05) is 11.6 Å². The van der Waals surface area contributed by atoms with Gasteiger partial charge in [-0.05, 0) is 24.3 Å². The SMILES string of the molecule is N#Cc1ccc(Cl)cc1NC(=O)COC(=O)c1cc([N+](=O)[O-])ccc1NCCO. The Hall–Kier alpha value is -3.68. The van der Waals surface area contributed by atoms with Crippen LogP contribution >= 0.6 is 11.6 Å². The van der Waals surface area contributed by atoms with Crippen molar-refractivity contribution in [3.8, 4) is 6.07 Å². The number of non-ortho nitro benzene ring substituents is 1. The predicted molar refractivity (Wildman–Crippen MR) is 104 cm³/mol. The zero-order chi connectivity index (χ0) is 21.4. The number of nitriles is 1. The molecule has 0 unspecified atom stereocenters. The molecule has 0 saturated heterocycles. The first-order valence-corrected chi connectivity index (χ1v) is 8.53. The lowest BCUT2D eigenvalue weighted by atomic mass is 10.1. The number of nitro benzene ring substituents is 1. The summed E-state index contributed by atoms with van der Waals surface area (Å²) in [6.45, 7) is -0.822. The van der Waals surface area contributed by atoms with E-state index in [1.807, 2.05) is 6.07 Å². The molecule has 2 aromatic carbocycles. The van der Waals surface area contributed by atoms with Crippen molar-refractivity contribution < 1.29 is 24.4 Å². The molecule has 0 fully saturated rings. The van der Waals surface area contributed by atoms with E-state index in [0.29, 0.717) is 5.02 Å². The quantitative estimate of drug-likeness (QED) is 0.335. The number of halogens is 1. The highest BCUT2D eigenvalue weighted by Crippen LogP contribution is 2.23. The number of aliphatic hydroxyl groups excluding tert-OH is 1. The summed E-state index contributed by atoms with van der Waals surface area (Å²) in [6, 6.07) is 9.66. The number of hydrogen-bond donors (Lipinski definition) is 3. The third-order valence-electron chi connectivity index (χ3n) is 3.57. The fourth-order valence-corrected chi connectivity index (χ4v) is 2.44. The maximum atomic E-state index is 12.3. The molecular formula is C18H15ClN4O6. The lowest BCUT2D eigenvalue weighted by Gasteiger charge is -2.11. The molecule has 0 heterocycles. The van der Waals surface area contributed by atoms with Gasteiger partial charge in [0.1, 0.15) is 6.07 Å². The van der Waals surface area contributed by atoms with Gasteiger partial charge in [0.15, 0.2) is 6.61 Å². The number of nitrogens with one attached hydrogen (secondary N) is 2. The number of amides is 1. The number of carbonyl (C=O) groups is 2. The van der Waals surface area contributed by atoms with Crippen molar-refractivity contribution >= 4 is 40.5 Å². The smallest absolute Gasteiger partial charge is 0.341 e. The van der Waals surface area contributed by atoms with Crippen LogP contribution in [0.5, 0.6) is 0 Å². The Morgan fingerprint density at radius 3 is 2.66 bits per heavy atom. The summed E-state index contributed by atoms with van der Waals surface area (Å²) in [6.07, 6.45) is 0. The standard InChI is InChI=1S/C18H15ClN4O6/c19-12-2-1-11(9-20)16(7-12)22-17(25)10-29-18(26)14-8-13(23(27)28)3-4-15(14)21-5-6-24/h1-4,7-8,21,24H,5-6,10H2,(H,22,25). The first-order valence-electron chi connectivity index (χ1n) is 8.15. The number of esters is 1. The second-order valence-corrected chi connectivity index (χ2v) is 6.00. The summed E-state index contributed by atoms with van der Waals surface area (Å²) >= 11 is 5.84. The lowest BCUT2D eigenvalue weighted by molar-refractivity contribution is -0.384. The molecule has 0 atom stereocenters. The van der Waals surface area contributed by atoms with Gasteiger partial charge in [0, 0.05) is 29.4 Å². The van der Waals surface area contributed by atoms with Crippen LogP contribution in [0.4, 0.5) is 17.1 Å². The molecule has 0 radical (unpaired) electrons. The Kier molecular flexibility index (Phi) is 7.47. The van der Waals surface area contributed by atoms with Crippen LogP contribution in [0.1, 0.15) is 15.9 Å². The van der Waals surface area contributed by atoms with E-state index in [2.05, 4.69) is 10.6 Å². The van der Waals surface area contributed by atoms with Gasteiger partial charge < -0.3 is 20.5 Å². The van der Waals surface area contributed by atoms with Crippen LogP contribution in [0.2, 0.25) is 5.02 Å². The highest BCUT2D eigenvalue weighted by Gasteiger charge is 2.19. The van der Waals surface area contributed by atoms with E-state index in [1.165, 1.54) is 30.3 Å². The number of benzene rings is 2. The van der Waals surface area contributed by atoms with Gasteiger partial charge in [-0.2, -0.15) is 5.26 Å². The molecule has 10 nitrogen and oxygen atoms in total. The summed E-state index contributed by atoms with van der Waals surface area (Å²) in [5.41, 5.74) is 0.0241. The van der Waals surface area contributed by atoms with Crippen LogP contribution in [-0.2, 0) is 9.53 Å². The summed E-state index contributed by atoms with van der Waals surface area (Å²) < 4.78 is 4.93. The fourth-order valence-electron chi connectivity index (χ4n) is 2.27. The normalized spacial score (nSPS) is 9.97. The Bertz CT molecular complexity index is 989. The molecule has 0 aliphatic carbocycles. The van der Waals surface area contributed by atoms with Crippen molar-refractivity contribution in [3.63, 3.8) is 0 Å². The monoisotopic (exact) mass is 418 g/mol. The highest BCUT2D eigenvalue weighted by molar-refractivity contribution is 6.31. The largest absolute Gasteiger partial charge is 0.452 e. The third-order valence-corrected chi connectivity index (χ3v) is 3.81. The molecule has 0 saturated carbocycles. The van der Waals surface area contributed by atoms with Gasteiger partial charge in [-0.3, -0.25) is 14.9 Å². The summed E-state index contributed by atoms with van der Waals surface area (Å²) in [7, 11) is 0. The average Bonchev–Trinajstić information content (AvgIpc) is 2.70. The second-order valence-electron chi connectivity index (χ2n) is 5.56. The van der Waals surface area contributed by atoms with Crippen molar-refractivity contribution in [1.29, 1.82) is 5.26 Å². The van der Waals surface area contributed by atoms with Crippen LogP contribution in [0.15, 0.2) is 36.4 Å². The van der Waals surface area contributed by atoms with E-state index < -0.39 is 23.4 Å². The summed E-state index contributed by atoms with van der Waals surface area (Å²) in [5, 5.41) is 34.3. The first-order chi connectivity index (χ1) is 13.8. The van der Waals surface area contributed by atoms with Crippen LogP contribution in [0, 0.1) is 21.4 Å². The van der Waals surface area contributed by atoms with Gasteiger partial charge in [-0.15, -0.1) is 0 Å². The molecule has 0 aliphatic heterocycles. The van der Waals surface area contributed by atoms with Gasteiger partial charge in [0.2, 0.25) is 0 Å². The van der Waals surface area contributed by atoms with Crippen molar-refractivity contribution in [3.05, 3.63) is 62.7 Å². The van der Waals surface area contributed by atoms with E-state index >= 15 is 0 Å². The molecule has 11 heteroatoms. The van der Waals surface area contributed by atoms with Crippen molar-refractivity contribution in [2.75, 3.05) is 30.4 Å². The van der Waals surface area contributed by atoms with Gasteiger partial charge >= 0.3 is 5.97 Å².